The van der Waals surface area contributed by atoms with Crippen LogP contribution in [0.4, 0.5) is 0 Å². The number of allylic oxidation sites excluding steroid dienone is 3. The maximum absolute atomic E-state index is 14.3. The number of methoxy groups -OCH3 is 2. The lowest BCUT2D eigenvalue weighted by molar-refractivity contribution is -0.294. The second-order valence-electron chi connectivity index (χ2n) is 17.4. The molecule has 1 amide bonds. The first kappa shape index (κ1) is 45.2. The summed E-state index contributed by atoms with van der Waals surface area (Å²) in [6.07, 6.45) is 5.20. The fraction of sp³-hybridized carbons (Fsp3) is 0.814. The molecule has 55 heavy (non-hydrogen) atoms. The van der Waals surface area contributed by atoms with E-state index in [0.29, 0.717) is 63.4 Å². The fourth-order valence-electron chi connectivity index (χ4n) is 9.57. The van der Waals surface area contributed by atoms with Crippen molar-refractivity contribution >= 4 is 23.4 Å². The Hall–Kier alpha value is -2.48. The van der Waals surface area contributed by atoms with Gasteiger partial charge in [0.1, 0.15) is 17.9 Å². The van der Waals surface area contributed by atoms with Crippen LogP contribution in [0.3, 0.4) is 0 Å². The Morgan fingerprint density at radius 2 is 1.64 bits per heavy atom. The molecule has 0 aromatic heterocycles. The number of esters is 1. The van der Waals surface area contributed by atoms with E-state index in [-0.39, 0.29) is 49.0 Å². The molecule has 4 rings (SSSR count). The average Bonchev–Trinajstić information content (AvgIpc) is 3.15. The molecule has 1 unspecified atom stereocenters. The molecule has 0 aromatic rings. The summed E-state index contributed by atoms with van der Waals surface area (Å²) in [6, 6.07) is -1.11. The van der Waals surface area contributed by atoms with Gasteiger partial charge in [-0.3, -0.25) is 14.4 Å². The van der Waals surface area contributed by atoms with Gasteiger partial charge in [-0.05, 0) is 101 Å². The highest BCUT2D eigenvalue weighted by Gasteiger charge is 2.56. The lowest BCUT2D eigenvalue weighted by Crippen LogP contribution is -2.63. The Morgan fingerprint density at radius 1 is 0.945 bits per heavy atom. The number of Topliss-reactive ketones (excluding diaryl/α,β-unsaturated/α-hetero) is 2. The van der Waals surface area contributed by atoms with E-state index in [1.807, 2.05) is 39.8 Å². The van der Waals surface area contributed by atoms with Crippen LogP contribution in [0.5, 0.6) is 0 Å². The van der Waals surface area contributed by atoms with E-state index in [2.05, 4.69) is 6.92 Å². The molecule has 3 heterocycles. The number of nitrogens with zero attached hydrogens (tertiary/aromatic N) is 1. The maximum Gasteiger partial charge on any atom is 0.329 e. The predicted molar refractivity (Wildman–Crippen MR) is 206 cm³/mol. The van der Waals surface area contributed by atoms with Gasteiger partial charge in [0.25, 0.3) is 11.7 Å². The van der Waals surface area contributed by atoms with Crippen molar-refractivity contribution in [2.75, 3.05) is 20.8 Å². The standard InChI is InChI=1S/C43H69NO11/c1-10-31-19-25(3)17-24(2)18-26(4)39-37(53-9)21-28(6)43(51,55-39)40(48)41(49)44-16-12-11-13-32(44)42(50)54-38(29(7)34(46)23-35(31)47)27(5)20-30-14-15-33(45)36(22-30)52-8/h19-20,24,26,28-34,36-39,45-46,51H,10-18,21-23H2,1-9H3/b25-19+,27-20+/t24-,26-,28+,29+,30-,31+,32?,33+,34-,36+,37-,38+,39+,43+/m0/s1. The van der Waals surface area contributed by atoms with Crippen LogP contribution < -0.4 is 0 Å². The number of hydrogen-bond donors (Lipinski definition) is 3. The van der Waals surface area contributed by atoms with Gasteiger partial charge in [-0.15, -0.1) is 0 Å². The number of ketones is 2. The zero-order chi connectivity index (χ0) is 40.8. The maximum atomic E-state index is 14.3. The number of ether oxygens (including phenoxy) is 4. The van der Waals surface area contributed by atoms with E-state index in [1.54, 1.807) is 28.1 Å². The van der Waals surface area contributed by atoms with Crippen LogP contribution in [0.2, 0.25) is 0 Å². The topological polar surface area (TPSA) is 169 Å². The minimum atomic E-state index is -2.42. The summed E-state index contributed by atoms with van der Waals surface area (Å²) in [5, 5.41) is 34.0. The molecular weight excluding hydrogens is 706 g/mol. The molecule has 0 radical (unpaired) electrons. The van der Waals surface area contributed by atoms with E-state index < -0.39 is 77.8 Å². The van der Waals surface area contributed by atoms with Crippen molar-refractivity contribution in [1.29, 1.82) is 0 Å². The molecule has 2 bridgehead atoms. The summed E-state index contributed by atoms with van der Waals surface area (Å²) in [4.78, 5) is 57.5. The van der Waals surface area contributed by atoms with E-state index >= 15 is 0 Å². The molecule has 1 aliphatic carbocycles. The minimum Gasteiger partial charge on any atom is -0.456 e. The smallest absolute Gasteiger partial charge is 0.329 e. The molecule has 3 aliphatic heterocycles. The van der Waals surface area contributed by atoms with Crippen molar-refractivity contribution in [2.45, 2.75) is 168 Å². The Morgan fingerprint density at radius 3 is 2.29 bits per heavy atom. The molecule has 3 N–H and O–H groups in total. The molecule has 3 fully saturated rings. The molecule has 4 aliphatic rings. The molecule has 1 saturated carbocycles. The highest BCUT2D eigenvalue weighted by molar-refractivity contribution is 6.39. The summed E-state index contributed by atoms with van der Waals surface area (Å²) in [7, 11) is 3.14. The summed E-state index contributed by atoms with van der Waals surface area (Å²) in [6.45, 7) is 13.4. The number of aliphatic hydroxyl groups excluding tert-OH is 2. The van der Waals surface area contributed by atoms with Crippen LogP contribution in [-0.2, 0) is 38.1 Å². The van der Waals surface area contributed by atoms with Gasteiger partial charge >= 0.3 is 5.97 Å². The van der Waals surface area contributed by atoms with Crippen molar-refractivity contribution in [3.05, 3.63) is 23.3 Å². The van der Waals surface area contributed by atoms with Crippen LogP contribution in [0.15, 0.2) is 23.3 Å². The SMILES string of the molecule is CC[C@@H]1/C=C(\C)C[C@H](C)C[C@H](C)[C@H]2O[C@@](O)(C(=O)C(=O)N3CCCCC3C(=O)O[C@H](/C(C)=C/[C@@H]3CC[C@@H](O)[C@H](OC)C3)[C@H](C)[C@@H](O)CC1=O)[C@H](C)C[C@@H]2OC. The van der Waals surface area contributed by atoms with Gasteiger partial charge in [-0.2, -0.15) is 0 Å². The summed E-state index contributed by atoms with van der Waals surface area (Å²) in [5.74, 6) is -7.22. The van der Waals surface area contributed by atoms with Gasteiger partial charge in [-0.1, -0.05) is 52.3 Å². The van der Waals surface area contributed by atoms with Crippen LogP contribution >= 0.6 is 0 Å². The minimum absolute atomic E-state index is 0.0102. The van der Waals surface area contributed by atoms with Crippen molar-refractivity contribution in [1.82, 2.24) is 4.90 Å². The molecule has 312 valence electrons. The largest absolute Gasteiger partial charge is 0.456 e. The fourth-order valence-corrected chi connectivity index (χ4v) is 9.57. The van der Waals surface area contributed by atoms with Gasteiger partial charge in [0.05, 0.1) is 30.5 Å². The highest BCUT2D eigenvalue weighted by atomic mass is 16.7. The lowest BCUT2D eigenvalue weighted by atomic mass is 9.79. The molecule has 0 aromatic carbocycles. The number of carbonyl (C=O) groups excluding carboxylic acids is 4. The van der Waals surface area contributed by atoms with Gasteiger partial charge < -0.3 is 39.2 Å². The number of fused-ring (bicyclic) bond motifs is 3. The first-order valence-electron chi connectivity index (χ1n) is 20.7. The zero-order valence-electron chi connectivity index (χ0n) is 34.7. The summed E-state index contributed by atoms with van der Waals surface area (Å²) < 4.78 is 23.9. The number of piperidine rings is 1. The normalized spacial score (nSPS) is 42.1. The Labute approximate surface area is 328 Å². The van der Waals surface area contributed by atoms with E-state index in [0.717, 1.165) is 5.57 Å². The molecular formula is C43H69NO11. The third-order valence-corrected chi connectivity index (χ3v) is 12.9. The molecule has 12 heteroatoms. The second-order valence-corrected chi connectivity index (χ2v) is 17.4. The van der Waals surface area contributed by atoms with E-state index in [9.17, 15) is 34.5 Å². The first-order valence-corrected chi connectivity index (χ1v) is 20.7. The molecule has 14 atom stereocenters. The summed E-state index contributed by atoms with van der Waals surface area (Å²) in [5.41, 5.74) is 1.72. The van der Waals surface area contributed by atoms with Crippen LogP contribution in [-0.4, -0.2) is 113 Å². The van der Waals surface area contributed by atoms with Crippen molar-refractivity contribution in [3.63, 3.8) is 0 Å². The number of cyclic esters (lactones) is 1. The van der Waals surface area contributed by atoms with Gasteiger partial charge in [0.2, 0.25) is 5.79 Å². The van der Waals surface area contributed by atoms with E-state index in [1.165, 1.54) is 4.90 Å². The molecule has 2 saturated heterocycles. The number of rotatable bonds is 5. The van der Waals surface area contributed by atoms with E-state index in [4.69, 9.17) is 18.9 Å². The number of carbonyl (C=O) groups is 4. The summed E-state index contributed by atoms with van der Waals surface area (Å²) >= 11 is 0. The van der Waals surface area contributed by atoms with Gasteiger partial charge in [-0.25, -0.2) is 4.79 Å². The van der Waals surface area contributed by atoms with Crippen molar-refractivity contribution in [3.8, 4) is 0 Å². The van der Waals surface area contributed by atoms with Gasteiger partial charge in [0.15, 0.2) is 0 Å². The quantitative estimate of drug-likeness (QED) is 0.193. The second kappa shape index (κ2) is 19.8. The Balaban J connectivity index is 1.75. The highest BCUT2D eigenvalue weighted by Crippen LogP contribution is 2.40. The third-order valence-electron chi connectivity index (χ3n) is 12.9. The van der Waals surface area contributed by atoms with Crippen LogP contribution in [0, 0.1) is 35.5 Å². The predicted octanol–water partition coefficient (Wildman–Crippen LogP) is 5.09. The molecule has 12 nitrogen and oxygen atoms in total. The Kier molecular flexibility index (Phi) is 16.3. The number of aliphatic hydroxyl groups is 3. The monoisotopic (exact) mass is 775 g/mol. The average molecular weight is 776 g/mol. The van der Waals surface area contributed by atoms with Gasteiger partial charge in [0, 0.05) is 44.9 Å². The molecule has 0 spiro atoms. The number of amides is 1. The zero-order valence-corrected chi connectivity index (χ0v) is 34.7. The van der Waals surface area contributed by atoms with Crippen LogP contribution in [0.25, 0.3) is 0 Å². The van der Waals surface area contributed by atoms with Crippen LogP contribution in [0.1, 0.15) is 119 Å². The third kappa shape index (κ3) is 10.7. The lowest BCUT2D eigenvalue weighted by Gasteiger charge is -2.47. The Bertz CT molecular complexity index is 1410. The first-order chi connectivity index (χ1) is 25.9. The van der Waals surface area contributed by atoms with Crippen molar-refractivity contribution < 1.29 is 53.4 Å². The van der Waals surface area contributed by atoms with Crippen molar-refractivity contribution in [2.24, 2.45) is 35.5 Å². The number of hydrogen-bond acceptors (Lipinski definition) is 11.